The van der Waals surface area contributed by atoms with Gasteiger partial charge in [-0.05, 0) is 40.2 Å². The summed E-state index contributed by atoms with van der Waals surface area (Å²) in [6, 6.07) is 12.7. The van der Waals surface area contributed by atoms with Crippen LogP contribution in [0.3, 0.4) is 0 Å². The summed E-state index contributed by atoms with van der Waals surface area (Å²) >= 11 is 3.45. The van der Waals surface area contributed by atoms with E-state index in [2.05, 4.69) is 26.1 Å². The average molecular weight is 290 g/mol. The lowest BCUT2D eigenvalue weighted by Crippen LogP contribution is -1.91. The minimum atomic E-state index is 0.192. The first-order valence-electron chi connectivity index (χ1n) is 5.05. The van der Waals surface area contributed by atoms with Gasteiger partial charge in [0.1, 0.15) is 5.75 Å². The molecule has 0 saturated carbocycles. The van der Waals surface area contributed by atoms with Crippen LogP contribution in [0.2, 0.25) is 0 Å². The molecule has 17 heavy (non-hydrogen) atoms. The zero-order chi connectivity index (χ0) is 11.8. The highest BCUT2D eigenvalue weighted by atomic mass is 79.9. The first-order valence-corrected chi connectivity index (χ1v) is 5.84. The zero-order valence-electron chi connectivity index (χ0n) is 8.71. The molecule has 0 aliphatic heterocycles. The summed E-state index contributed by atoms with van der Waals surface area (Å²) in [5.74, 6) is 0.808. The van der Waals surface area contributed by atoms with Crippen LogP contribution in [0.1, 0.15) is 0 Å². The number of nitrogens with zero attached hydrogens (tertiary/aromatic N) is 3. The standard InChI is InChI=1S/C12H8BrN3O/c13-10-6-3-7-11-14-15-12(16(10)11)8-4-1-2-5-9(8)17/h1-7,17H. The van der Waals surface area contributed by atoms with E-state index in [1.807, 2.05) is 34.7 Å². The fraction of sp³-hybridized carbons (Fsp3) is 0. The van der Waals surface area contributed by atoms with E-state index in [1.54, 1.807) is 12.1 Å². The summed E-state index contributed by atoms with van der Waals surface area (Å²) in [5, 5.41) is 18.0. The van der Waals surface area contributed by atoms with Gasteiger partial charge in [0.2, 0.25) is 0 Å². The maximum absolute atomic E-state index is 9.84. The predicted octanol–water partition coefficient (Wildman–Crippen LogP) is 2.86. The van der Waals surface area contributed by atoms with Gasteiger partial charge >= 0.3 is 0 Å². The van der Waals surface area contributed by atoms with E-state index < -0.39 is 0 Å². The van der Waals surface area contributed by atoms with Crippen molar-refractivity contribution in [2.45, 2.75) is 0 Å². The molecule has 84 valence electrons. The van der Waals surface area contributed by atoms with Crippen molar-refractivity contribution in [2.75, 3.05) is 0 Å². The molecule has 0 spiro atoms. The minimum Gasteiger partial charge on any atom is -0.507 e. The van der Waals surface area contributed by atoms with Gasteiger partial charge in [-0.2, -0.15) is 0 Å². The molecule has 2 aromatic heterocycles. The number of hydrogen-bond acceptors (Lipinski definition) is 3. The van der Waals surface area contributed by atoms with Crippen molar-refractivity contribution in [3.63, 3.8) is 0 Å². The molecule has 4 nitrogen and oxygen atoms in total. The quantitative estimate of drug-likeness (QED) is 0.701. The molecule has 3 aromatic rings. The monoisotopic (exact) mass is 289 g/mol. The SMILES string of the molecule is Oc1ccccc1-c1nnc2cccc(Br)n12. The van der Waals surface area contributed by atoms with Crippen molar-refractivity contribution in [1.82, 2.24) is 14.6 Å². The molecule has 3 rings (SSSR count). The molecular weight excluding hydrogens is 282 g/mol. The van der Waals surface area contributed by atoms with Gasteiger partial charge in [0.05, 0.1) is 10.2 Å². The number of benzene rings is 1. The van der Waals surface area contributed by atoms with Gasteiger partial charge in [-0.3, -0.25) is 4.40 Å². The van der Waals surface area contributed by atoms with E-state index in [4.69, 9.17) is 0 Å². The molecule has 1 aromatic carbocycles. The Balaban J connectivity index is 2.36. The first kappa shape index (κ1) is 10.3. The van der Waals surface area contributed by atoms with Crippen molar-refractivity contribution in [3.8, 4) is 17.1 Å². The number of fused-ring (bicyclic) bond motifs is 1. The Labute approximate surface area is 106 Å². The molecule has 0 unspecified atom stereocenters. The second-order valence-corrected chi connectivity index (χ2v) is 4.40. The van der Waals surface area contributed by atoms with Gasteiger partial charge < -0.3 is 5.11 Å². The van der Waals surface area contributed by atoms with E-state index in [9.17, 15) is 5.11 Å². The van der Waals surface area contributed by atoms with E-state index in [0.29, 0.717) is 11.4 Å². The summed E-state index contributed by atoms with van der Waals surface area (Å²) in [5.41, 5.74) is 1.39. The van der Waals surface area contributed by atoms with Crippen molar-refractivity contribution in [2.24, 2.45) is 0 Å². The fourth-order valence-corrected chi connectivity index (χ4v) is 2.24. The Morgan fingerprint density at radius 3 is 2.65 bits per heavy atom. The Bertz CT molecular complexity index is 693. The number of aromatic hydroxyl groups is 1. The zero-order valence-corrected chi connectivity index (χ0v) is 10.3. The number of hydrogen-bond donors (Lipinski definition) is 1. The van der Waals surface area contributed by atoms with Crippen molar-refractivity contribution < 1.29 is 5.11 Å². The lowest BCUT2D eigenvalue weighted by atomic mass is 10.2. The van der Waals surface area contributed by atoms with Crippen molar-refractivity contribution >= 4 is 21.6 Å². The van der Waals surface area contributed by atoms with Crippen LogP contribution >= 0.6 is 15.9 Å². The lowest BCUT2D eigenvalue weighted by Gasteiger charge is -2.03. The van der Waals surface area contributed by atoms with Gasteiger partial charge in [-0.1, -0.05) is 18.2 Å². The van der Waals surface area contributed by atoms with Crippen LogP contribution in [0, 0.1) is 0 Å². The number of aromatic nitrogens is 3. The topological polar surface area (TPSA) is 50.4 Å². The predicted molar refractivity (Wildman–Crippen MR) is 67.8 cm³/mol. The molecule has 0 aliphatic carbocycles. The molecule has 2 heterocycles. The molecule has 0 fully saturated rings. The smallest absolute Gasteiger partial charge is 0.173 e. The Morgan fingerprint density at radius 2 is 1.82 bits per heavy atom. The number of rotatable bonds is 1. The molecule has 0 saturated heterocycles. The minimum absolute atomic E-state index is 0.192. The summed E-state index contributed by atoms with van der Waals surface area (Å²) in [6.45, 7) is 0. The third-order valence-electron chi connectivity index (χ3n) is 2.53. The Morgan fingerprint density at radius 1 is 1.00 bits per heavy atom. The van der Waals surface area contributed by atoms with Crippen LogP contribution in [-0.2, 0) is 0 Å². The van der Waals surface area contributed by atoms with Gasteiger partial charge in [0.15, 0.2) is 11.5 Å². The lowest BCUT2D eigenvalue weighted by molar-refractivity contribution is 0.477. The fourth-order valence-electron chi connectivity index (χ4n) is 1.74. The molecule has 0 atom stereocenters. The van der Waals surface area contributed by atoms with Crippen molar-refractivity contribution in [1.29, 1.82) is 0 Å². The van der Waals surface area contributed by atoms with Crippen LogP contribution in [0.5, 0.6) is 5.75 Å². The first-order chi connectivity index (χ1) is 8.27. The normalized spacial score (nSPS) is 10.9. The molecular formula is C12H8BrN3O. The summed E-state index contributed by atoms with van der Waals surface area (Å²) in [6.07, 6.45) is 0. The van der Waals surface area contributed by atoms with E-state index in [-0.39, 0.29) is 5.75 Å². The van der Waals surface area contributed by atoms with E-state index >= 15 is 0 Å². The Hall–Kier alpha value is -1.88. The number of phenolic OH excluding ortho intramolecular Hbond substituents is 1. The highest BCUT2D eigenvalue weighted by Crippen LogP contribution is 2.29. The average Bonchev–Trinajstić information content (AvgIpc) is 2.75. The molecule has 0 amide bonds. The summed E-state index contributed by atoms with van der Waals surface area (Å²) < 4.78 is 2.69. The highest BCUT2D eigenvalue weighted by molar-refractivity contribution is 9.10. The van der Waals surface area contributed by atoms with Gasteiger partial charge in [-0.15, -0.1) is 10.2 Å². The third kappa shape index (κ3) is 1.59. The van der Waals surface area contributed by atoms with Crippen molar-refractivity contribution in [3.05, 3.63) is 47.1 Å². The maximum Gasteiger partial charge on any atom is 0.173 e. The highest BCUT2D eigenvalue weighted by Gasteiger charge is 2.12. The summed E-state index contributed by atoms with van der Waals surface area (Å²) in [4.78, 5) is 0. The van der Waals surface area contributed by atoms with E-state index in [1.165, 1.54) is 0 Å². The number of para-hydroxylation sites is 1. The van der Waals surface area contributed by atoms with Crippen LogP contribution in [0.15, 0.2) is 47.1 Å². The Kier molecular flexibility index (Phi) is 2.33. The molecule has 0 radical (unpaired) electrons. The van der Waals surface area contributed by atoms with Crippen LogP contribution in [0.25, 0.3) is 17.0 Å². The maximum atomic E-state index is 9.84. The second kappa shape index (κ2) is 3.85. The molecule has 0 aliphatic rings. The number of pyridine rings is 1. The van der Waals surface area contributed by atoms with Gasteiger partial charge in [-0.25, -0.2) is 0 Å². The largest absolute Gasteiger partial charge is 0.507 e. The molecule has 1 N–H and O–H groups in total. The van der Waals surface area contributed by atoms with Gasteiger partial charge in [0, 0.05) is 0 Å². The van der Waals surface area contributed by atoms with E-state index in [0.717, 1.165) is 10.3 Å². The second-order valence-electron chi connectivity index (χ2n) is 3.58. The van der Waals surface area contributed by atoms with Gasteiger partial charge in [0.25, 0.3) is 0 Å². The number of phenols is 1. The number of halogens is 1. The molecule has 5 heteroatoms. The van der Waals surface area contributed by atoms with Crippen LogP contribution < -0.4 is 0 Å². The third-order valence-corrected chi connectivity index (χ3v) is 3.14. The summed E-state index contributed by atoms with van der Waals surface area (Å²) in [7, 11) is 0. The molecule has 0 bridgehead atoms. The van der Waals surface area contributed by atoms with Crippen LogP contribution in [-0.4, -0.2) is 19.7 Å². The van der Waals surface area contributed by atoms with Crippen LogP contribution in [0.4, 0.5) is 0 Å².